The van der Waals surface area contributed by atoms with Crippen molar-refractivity contribution in [2.24, 2.45) is 5.92 Å². The monoisotopic (exact) mass is 504 g/mol. The van der Waals surface area contributed by atoms with Gasteiger partial charge in [0, 0.05) is 49.6 Å². The van der Waals surface area contributed by atoms with E-state index in [4.69, 9.17) is 23.2 Å². The molecule has 0 bridgehead atoms. The van der Waals surface area contributed by atoms with Crippen LogP contribution < -0.4 is 0 Å². The molecule has 2 nitrogen and oxygen atoms in total. The number of aromatic nitrogens is 2. The van der Waals surface area contributed by atoms with Gasteiger partial charge in [0.2, 0.25) is 0 Å². The second kappa shape index (κ2) is 9.22. The molecule has 0 amide bonds. The highest BCUT2D eigenvalue weighted by atomic mass is 35.5. The minimum Gasteiger partial charge on any atom is -0.318 e. The van der Waals surface area contributed by atoms with E-state index in [0.717, 1.165) is 16.0 Å². The summed E-state index contributed by atoms with van der Waals surface area (Å²) in [7, 11) is 0. The van der Waals surface area contributed by atoms with Crippen molar-refractivity contribution in [2.75, 3.05) is 0 Å². The van der Waals surface area contributed by atoms with E-state index >= 15 is 0 Å². The van der Waals surface area contributed by atoms with Crippen LogP contribution in [0.5, 0.6) is 0 Å². The van der Waals surface area contributed by atoms with Crippen LogP contribution in [-0.4, -0.2) is 9.13 Å². The molecular weight excluding hydrogens is 471 g/mol. The summed E-state index contributed by atoms with van der Waals surface area (Å²) < 4.78 is 4.79. The van der Waals surface area contributed by atoms with Gasteiger partial charge in [-0.2, -0.15) is 0 Å². The van der Waals surface area contributed by atoms with E-state index < -0.39 is 0 Å². The largest absolute Gasteiger partial charge is 0.318 e. The summed E-state index contributed by atoms with van der Waals surface area (Å²) in [6.45, 7) is 11.4. The standard InChI is InChI=1S/C31H34Cl2N2/c1-20-14-16-31(17-15-20,29-18-21(2)34(23(29)4)27-10-6-25(32)7-11-27)30-19-22(3)35(24(30)5)28-12-8-26(33)9-13-28/h6-13,18-20H,14-17H2,1-5H3. The third kappa shape index (κ3) is 4.15. The molecular formula is C31H34Cl2N2. The molecule has 2 heterocycles. The van der Waals surface area contributed by atoms with E-state index in [0.29, 0.717) is 0 Å². The molecule has 2 aromatic carbocycles. The highest BCUT2D eigenvalue weighted by molar-refractivity contribution is 6.30. The van der Waals surface area contributed by atoms with Gasteiger partial charge in [-0.25, -0.2) is 0 Å². The predicted molar refractivity (Wildman–Crippen MR) is 149 cm³/mol. The molecule has 0 unspecified atom stereocenters. The van der Waals surface area contributed by atoms with Gasteiger partial charge in [-0.3, -0.25) is 0 Å². The van der Waals surface area contributed by atoms with Gasteiger partial charge in [-0.05, 0) is 131 Å². The Balaban J connectivity index is 1.69. The van der Waals surface area contributed by atoms with E-state index in [9.17, 15) is 0 Å². The third-order valence-corrected chi connectivity index (χ3v) is 8.69. The molecule has 182 valence electrons. The zero-order valence-electron chi connectivity index (χ0n) is 21.3. The maximum Gasteiger partial charge on any atom is 0.0456 e. The maximum absolute atomic E-state index is 6.20. The van der Waals surface area contributed by atoms with Gasteiger partial charge in [-0.15, -0.1) is 0 Å². The first-order chi connectivity index (χ1) is 16.7. The summed E-state index contributed by atoms with van der Waals surface area (Å²) in [6, 6.07) is 21.3. The van der Waals surface area contributed by atoms with Crippen LogP contribution in [0, 0.1) is 33.6 Å². The van der Waals surface area contributed by atoms with Gasteiger partial charge in [0.05, 0.1) is 0 Å². The predicted octanol–water partition coefficient (Wildman–Crippen LogP) is 9.30. The molecule has 35 heavy (non-hydrogen) atoms. The fraction of sp³-hybridized carbons (Fsp3) is 0.355. The molecule has 0 radical (unpaired) electrons. The van der Waals surface area contributed by atoms with Gasteiger partial charge < -0.3 is 9.13 Å². The Morgan fingerprint density at radius 3 is 1.40 bits per heavy atom. The number of benzene rings is 2. The fourth-order valence-corrected chi connectivity index (χ4v) is 6.66. The number of hydrogen-bond donors (Lipinski definition) is 0. The van der Waals surface area contributed by atoms with Crippen molar-refractivity contribution in [2.45, 2.75) is 65.7 Å². The molecule has 5 rings (SSSR count). The Morgan fingerprint density at radius 1 is 0.657 bits per heavy atom. The van der Waals surface area contributed by atoms with Crippen molar-refractivity contribution in [1.82, 2.24) is 9.13 Å². The van der Waals surface area contributed by atoms with E-state index in [2.05, 4.69) is 80.2 Å². The molecule has 0 N–H and O–H groups in total. The Morgan fingerprint density at radius 2 is 1.03 bits per heavy atom. The van der Waals surface area contributed by atoms with Crippen molar-refractivity contribution in [3.63, 3.8) is 0 Å². The van der Waals surface area contributed by atoms with Gasteiger partial charge in [0.15, 0.2) is 0 Å². The quantitative estimate of drug-likeness (QED) is 0.262. The summed E-state index contributed by atoms with van der Waals surface area (Å²) in [5.74, 6) is 0.766. The number of hydrogen-bond acceptors (Lipinski definition) is 0. The maximum atomic E-state index is 6.20. The van der Waals surface area contributed by atoms with E-state index in [1.54, 1.807) is 0 Å². The molecule has 4 aromatic rings. The van der Waals surface area contributed by atoms with Crippen LogP contribution in [-0.2, 0) is 5.41 Å². The van der Waals surface area contributed by atoms with Crippen molar-refractivity contribution < 1.29 is 0 Å². The number of rotatable bonds is 4. The van der Waals surface area contributed by atoms with Crippen molar-refractivity contribution in [3.8, 4) is 11.4 Å². The van der Waals surface area contributed by atoms with E-state index in [1.165, 1.54) is 71.0 Å². The smallest absolute Gasteiger partial charge is 0.0456 e. The molecule has 1 aliphatic carbocycles. The minimum atomic E-state index is 0.00550. The summed E-state index contributed by atoms with van der Waals surface area (Å²) in [5.41, 5.74) is 10.5. The highest BCUT2D eigenvalue weighted by Gasteiger charge is 2.42. The second-order valence-corrected chi connectivity index (χ2v) is 11.3. The summed E-state index contributed by atoms with van der Waals surface area (Å²) in [4.78, 5) is 0. The van der Waals surface area contributed by atoms with Gasteiger partial charge >= 0.3 is 0 Å². The molecule has 0 atom stereocenters. The first kappa shape index (κ1) is 24.3. The lowest BCUT2D eigenvalue weighted by Crippen LogP contribution is -2.33. The average Bonchev–Trinajstić information content (AvgIpc) is 3.31. The highest BCUT2D eigenvalue weighted by Crippen LogP contribution is 2.50. The zero-order valence-corrected chi connectivity index (χ0v) is 22.8. The molecule has 1 aliphatic rings. The molecule has 0 saturated heterocycles. The topological polar surface area (TPSA) is 9.86 Å². The number of halogens is 2. The zero-order chi connectivity index (χ0) is 24.9. The molecule has 0 aliphatic heterocycles. The Bertz CT molecular complexity index is 1250. The van der Waals surface area contributed by atoms with Gasteiger partial charge in [-0.1, -0.05) is 30.1 Å². The third-order valence-electron chi connectivity index (χ3n) is 8.19. The summed E-state index contributed by atoms with van der Waals surface area (Å²) in [6.07, 6.45) is 4.83. The van der Waals surface area contributed by atoms with Crippen LogP contribution in [0.4, 0.5) is 0 Å². The van der Waals surface area contributed by atoms with Crippen LogP contribution in [0.1, 0.15) is 66.5 Å². The average molecular weight is 506 g/mol. The van der Waals surface area contributed by atoms with Gasteiger partial charge in [0.1, 0.15) is 0 Å². The Hall–Kier alpha value is -2.42. The summed E-state index contributed by atoms with van der Waals surface area (Å²) in [5, 5.41) is 1.53. The van der Waals surface area contributed by atoms with E-state index in [-0.39, 0.29) is 5.41 Å². The lowest BCUT2D eigenvalue weighted by Gasteiger charge is -2.40. The molecule has 2 aromatic heterocycles. The lowest BCUT2D eigenvalue weighted by molar-refractivity contribution is 0.278. The van der Waals surface area contributed by atoms with Crippen molar-refractivity contribution in [3.05, 3.63) is 105 Å². The lowest BCUT2D eigenvalue weighted by atomic mass is 9.63. The Labute approximate surface area is 219 Å². The van der Waals surface area contributed by atoms with Crippen molar-refractivity contribution in [1.29, 1.82) is 0 Å². The van der Waals surface area contributed by atoms with E-state index in [1.807, 2.05) is 24.3 Å². The summed E-state index contributed by atoms with van der Waals surface area (Å²) >= 11 is 12.4. The number of nitrogens with zero attached hydrogens (tertiary/aromatic N) is 2. The molecule has 0 spiro atoms. The SMILES string of the molecule is Cc1cc(C2(c3cc(C)n(-c4ccc(Cl)cc4)c3C)CCC(C)CC2)c(C)n1-c1ccc(Cl)cc1. The molecule has 1 saturated carbocycles. The van der Waals surface area contributed by atoms with Crippen LogP contribution >= 0.6 is 23.2 Å². The minimum absolute atomic E-state index is 0.00550. The molecule has 4 heteroatoms. The van der Waals surface area contributed by atoms with Crippen LogP contribution in [0.15, 0.2) is 60.7 Å². The fourth-order valence-electron chi connectivity index (χ4n) is 6.41. The van der Waals surface area contributed by atoms with Gasteiger partial charge in [0.25, 0.3) is 0 Å². The first-order valence-electron chi connectivity index (χ1n) is 12.6. The van der Waals surface area contributed by atoms with Crippen LogP contribution in [0.3, 0.4) is 0 Å². The van der Waals surface area contributed by atoms with Crippen LogP contribution in [0.25, 0.3) is 11.4 Å². The molecule has 1 fully saturated rings. The Kier molecular flexibility index (Phi) is 6.40. The van der Waals surface area contributed by atoms with Crippen LogP contribution in [0.2, 0.25) is 10.0 Å². The normalized spacial score (nSPS) is 16.1. The van der Waals surface area contributed by atoms with Crippen molar-refractivity contribution >= 4 is 23.2 Å². The second-order valence-electron chi connectivity index (χ2n) is 10.5. The number of aryl methyl sites for hydroxylation is 2. The first-order valence-corrected chi connectivity index (χ1v) is 13.4.